The van der Waals surface area contributed by atoms with Crippen LogP contribution in [0.15, 0.2) is 18.7 Å². The van der Waals surface area contributed by atoms with Crippen molar-refractivity contribution in [2.45, 2.75) is 36.8 Å². The molecule has 1 fully saturated rings. The molecule has 1 aromatic heterocycles. The maximum atomic E-state index is 4.17. The molecule has 100 valence electrons. The summed E-state index contributed by atoms with van der Waals surface area (Å²) < 4.78 is 0. The average molecular weight is 283 g/mol. The SMILES string of the molecule is CCNC(c1cncnc1)C1SCCSC1CC. The summed E-state index contributed by atoms with van der Waals surface area (Å²) >= 11 is 4.22. The first kappa shape index (κ1) is 14.2. The topological polar surface area (TPSA) is 37.8 Å². The highest BCUT2D eigenvalue weighted by Crippen LogP contribution is 2.39. The van der Waals surface area contributed by atoms with Crippen LogP contribution in [0.1, 0.15) is 31.9 Å². The fourth-order valence-corrected chi connectivity index (χ4v) is 5.61. The second-order valence-corrected chi connectivity index (χ2v) is 6.99. The van der Waals surface area contributed by atoms with Gasteiger partial charge < -0.3 is 5.32 Å². The number of aromatic nitrogens is 2. The molecule has 3 atom stereocenters. The zero-order valence-electron chi connectivity index (χ0n) is 11.0. The van der Waals surface area contributed by atoms with Crippen molar-refractivity contribution in [3.63, 3.8) is 0 Å². The summed E-state index contributed by atoms with van der Waals surface area (Å²) in [6, 6.07) is 0.374. The number of nitrogens with one attached hydrogen (secondary N) is 1. The van der Waals surface area contributed by atoms with Gasteiger partial charge in [-0.25, -0.2) is 9.97 Å². The minimum Gasteiger partial charge on any atom is -0.309 e. The maximum Gasteiger partial charge on any atom is 0.115 e. The molecule has 0 amide bonds. The first-order chi connectivity index (χ1) is 8.86. The van der Waals surface area contributed by atoms with Gasteiger partial charge in [0.05, 0.1) is 0 Å². The van der Waals surface area contributed by atoms with E-state index in [9.17, 15) is 0 Å². The monoisotopic (exact) mass is 283 g/mol. The first-order valence-corrected chi connectivity index (χ1v) is 8.68. The van der Waals surface area contributed by atoms with Crippen LogP contribution in [0.5, 0.6) is 0 Å². The van der Waals surface area contributed by atoms with Gasteiger partial charge in [0.15, 0.2) is 0 Å². The van der Waals surface area contributed by atoms with E-state index >= 15 is 0 Å². The molecular weight excluding hydrogens is 262 g/mol. The van der Waals surface area contributed by atoms with Crippen molar-refractivity contribution >= 4 is 23.5 Å². The van der Waals surface area contributed by atoms with E-state index in [2.05, 4.69) is 52.7 Å². The van der Waals surface area contributed by atoms with Crippen LogP contribution in [0.2, 0.25) is 0 Å². The molecule has 18 heavy (non-hydrogen) atoms. The van der Waals surface area contributed by atoms with E-state index in [0.29, 0.717) is 11.3 Å². The molecule has 0 radical (unpaired) electrons. The molecule has 5 heteroatoms. The third kappa shape index (κ3) is 3.39. The fourth-order valence-electron chi connectivity index (χ4n) is 2.36. The highest BCUT2D eigenvalue weighted by molar-refractivity contribution is 8.07. The summed E-state index contributed by atoms with van der Waals surface area (Å²) in [6.45, 7) is 5.44. The average Bonchev–Trinajstić information content (AvgIpc) is 2.46. The first-order valence-electron chi connectivity index (χ1n) is 6.58. The Labute approximate surface area is 118 Å². The summed E-state index contributed by atoms with van der Waals surface area (Å²) in [5.41, 5.74) is 1.22. The lowest BCUT2D eigenvalue weighted by molar-refractivity contribution is 0.510. The molecule has 3 nitrogen and oxygen atoms in total. The lowest BCUT2D eigenvalue weighted by atomic mass is 10.0. The van der Waals surface area contributed by atoms with E-state index in [0.717, 1.165) is 11.8 Å². The van der Waals surface area contributed by atoms with Crippen LogP contribution >= 0.6 is 23.5 Å². The quantitative estimate of drug-likeness (QED) is 0.899. The Balaban J connectivity index is 2.18. The Morgan fingerprint density at radius 3 is 2.67 bits per heavy atom. The molecule has 0 aliphatic carbocycles. The lowest BCUT2D eigenvalue weighted by Crippen LogP contribution is -2.38. The number of rotatable bonds is 5. The van der Waals surface area contributed by atoms with E-state index in [1.165, 1.54) is 23.5 Å². The second-order valence-electron chi connectivity index (χ2n) is 4.36. The van der Waals surface area contributed by atoms with Gasteiger partial charge in [-0.3, -0.25) is 0 Å². The Morgan fingerprint density at radius 1 is 1.28 bits per heavy atom. The zero-order valence-corrected chi connectivity index (χ0v) is 12.6. The van der Waals surface area contributed by atoms with Gasteiger partial charge in [-0.2, -0.15) is 23.5 Å². The summed E-state index contributed by atoms with van der Waals surface area (Å²) in [7, 11) is 0. The third-order valence-electron chi connectivity index (χ3n) is 3.19. The van der Waals surface area contributed by atoms with Crippen molar-refractivity contribution in [2.75, 3.05) is 18.1 Å². The van der Waals surface area contributed by atoms with Crippen LogP contribution in [0.4, 0.5) is 0 Å². The summed E-state index contributed by atoms with van der Waals surface area (Å²) in [5.74, 6) is 2.53. The van der Waals surface area contributed by atoms with Crippen LogP contribution in [-0.2, 0) is 0 Å². The van der Waals surface area contributed by atoms with Gasteiger partial charge >= 0.3 is 0 Å². The van der Waals surface area contributed by atoms with Gasteiger partial charge in [0, 0.05) is 46.0 Å². The Kier molecular flexibility index (Phi) is 5.79. The number of hydrogen-bond acceptors (Lipinski definition) is 5. The summed E-state index contributed by atoms with van der Waals surface area (Å²) in [6.07, 6.45) is 6.74. The molecule has 0 aromatic carbocycles. The van der Waals surface area contributed by atoms with E-state index in [-0.39, 0.29) is 0 Å². The van der Waals surface area contributed by atoms with E-state index < -0.39 is 0 Å². The van der Waals surface area contributed by atoms with Crippen LogP contribution in [0, 0.1) is 0 Å². The van der Waals surface area contributed by atoms with Gasteiger partial charge in [-0.15, -0.1) is 0 Å². The van der Waals surface area contributed by atoms with Crippen molar-refractivity contribution in [3.8, 4) is 0 Å². The van der Waals surface area contributed by atoms with Gasteiger partial charge in [-0.1, -0.05) is 13.8 Å². The normalized spacial score (nSPS) is 25.9. The molecule has 3 unspecified atom stereocenters. The Morgan fingerprint density at radius 2 is 2.00 bits per heavy atom. The van der Waals surface area contributed by atoms with Crippen LogP contribution in [-0.4, -0.2) is 38.5 Å². The maximum absolute atomic E-state index is 4.17. The second kappa shape index (κ2) is 7.36. The predicted octanol–water partition coefficient (Wildman–Crippen LogP) is 2.75. The molecule has 1 saturated heterocycles. The largest absolute Gasteiger partial charge is 0.309 e. The van der Waals surface area contributed by atoms with Gasteiger partial charge in [-0.05, 0) is 13.0 Å². The van der Waals surface area contributed by atoms with E-state index in [1.54, 1.807) is 6.33 Å². The molecule has 1 aliphatic heterocycles. The van der Waals surface area contributed by atoms with Crippen molar-refractivity contribution in [3.05, 3.63) is 24.3 Å². The van der Waals surface area contributed by atoms with Gasteiger partial charge in [0.25, 0.3) is 0 Å². The van der Waals surface area contributed by atoms with Crippen LogP contribution in [0.3, 0.4) is 0 Å². The fraction of sp³-hybridized carbons (Fsp3) is 0.692. The molecular formula is C13H21N3S2. The van der Waals surface area contributed by atoms with E-state index in [4.69, 9.17) is 0 Å². The molecule has 0 spiro atoms. The molecule has 0 bridgehead atoms. The number of nitrogens with zero attached hydrogens (tertiary/aromatic N) is 2. The molecule has 2 rings (SSSR count). The Bertz CT molecular complexity index is 347. The predicted molar refractivity (Wildman–Crippen MR) is 81.2 cm³/mol. The van der Waals surface area contributed by atoms with Crippen molar-refractivity contribution in [1.82, 2.24) is 15.3 Å². The van der Waals surface area contributed by atoms with Crippen LogP contribution < -0.4 is 5.32 Å². The van der Waals surface area contributed by atoms with Crippen molar-refractivity contribution in [1.29, 1.82) is 0 Å². The summed E-state index contributed by atoms with van der Waals surface area (Å²) in [5, 5.41) is 4.97. The molecule has 1 aliphatic rings. The molecule has 2 heterocycles. The van der Waals surface area contributed by atoms with Crippen LogP contribution in [0.25, 0.3) is 0 Å². The standard InChI is InChI=1S/C13H21N3S2/c1-3-11-13(18-6-5-17-11)12(16-4-2)10-7-14-9-15-8-10/h7-9,11-13,16H,3-6H2,1-2H3. The minimum absolute atomic E-state index is 0.374. The van der Waals surface area contributed by atoms with Gasteiger partial charge in [0.1, 0.15) is 6.33 Å². The lowest BCUT2D eigenvalue weighted by Gasteiger charge is -2.36. The smallest absolute Gasteiger partial charge is 0.115 e. The molecule has 1 N–H and O–H groups in total. The van der Waals surface area contributed by atoms with E-state index in [1.807, 2.05) is 12.4 Å². The number of thioether (sulfide) groups is 2. The number of hydrogen-bond donors (Lipinski definition) is 1. The van der Waals surface area contributed by atoms with Crippen molar-refractivity contribution < 1.29 is 0 Å². The zero-order chi connectivity index (χ0) is 12.8. The highest BCUT2D eigenvalue weighted by atomic mass is 32.2. The van der Waals surface area contributed by atoms with Gasteiger partial charge in [0.2, 0.25) is 0 Å². The molecule has 0 saturated carbocycles. The highest BCUT2D eigenvalue weighted by Gasteiger charge is 2.32. The van der Waals surface area contributed by atoms with Crippen molar-refractivity contribution in [2.24, 2.45) is 0 Å². The molecule has 1 aromatic rings. The Hall–Kier alpha value is -0.260. The summed E-state index contributed by atoms with van der Waals surface area (Å²) in [4.78, 5) is 8.33. The minimum atomic E-state index is 0.374. The third-order valence-corrected chi connectivity index (χ3v) is 6.54.